The Bertz CT molecular complexity index is 1060. The van der Waals surface area contributed by atoms with E-state index in [-0.39, 0.29) is 23.1 Å². The summed E-state index contributed by atoms with van der Waals surface area (Å²) in [6.07, 6.45) is 1.44. The van der Waals surface area contributed by atoms with Crippen LogP contribution in [0.15, 0.2) is 40.3 Å². The molecule has 1 aliphatic rings. The van der Waals surface area contributed by atoms with Crippen molar-refractivity contribution in [1.29, 1.82) is 0 Å². The molecule has 1 N–H and O–H groups in total. The van der Waals surface area contributed by atoms with Crippen LogP contribution in [0.5, 0.6) is 11.5 Å². The molecule has 0 spiro atoms. The van der Waals surface area contributed by atoms with E-state index in [1.54, 1.807) is 24.3 Å². The topological polar surface area (TPSA) is 107 Å². The van der Waals surface area contributed by atoms with Crippen LogP contribution >= 0.6 is 12.2 Å². The van der Waals surface area contributed by atoms with Crippen molar-refractivity contribution in [2.75, 3.05) is 21.3 Å². The molecule has 0 saturated carbocycles. The fourth-order valence-corrected chi connectivity index (χ4v) is 2.80. The van der Waals surface area contributed by atoms with Gasteiger partial charge in [-0.05, 0) is 48.1 Å². The number of ether oxygens (including phenoxy) is 3. The zero-order valence-electron chi connectivity index (χ0n) is 16.4. The molecule has 1 fully saturated rings. The highest BCUT2D eigenvalue weighted by molar-refractivity contribution is 7.80. The number of benzene rings is 1. The second kappa shape index (κ2) is 8.78. The van der Waals surface area contributed by atoms with Gasteiger partial charge < -0.3 is 18.6 Å². The Morgan fingerprint density at radius 1 is 1.20 bits per heavy atom. The third kappa shape index (κ3) is 4.33. The maximum atomic E-state index is 12.3. The number of carbonyl (C=O) groups is 3. The molecule has 0 aliphatic carbocycles. The first-order valence-electron chi connectivity index (χ1n) is 8.67. The van der Waals surface area contributed by atoms with Crippen molar-refractivity contribution in [3.05, 3.63) is 53.0 Å². The number of carbonyl (C=O) groups excluding carboxylic acids is 3. The fourth-order valence-electron chi connectivity index (χ4n) is 2.62. The van der Waals surface area contributed by atoms with Crippen molar-refractivity contribution < 1.29 is 33.0 Å². The molecule has 1 aliphatic heterocycles. The summed E-state index contributed by atoms with van der Waals surface area (Å²) in [4.78, 5) is 37.0. The van der Waals surface area contributed by atoms with Gasteiger partial charge >= 0.3 is 5.97 Å². The molecule has 0 unspecified atom stereocenters. The van der Waals surface area contributed by atoms with Crippen LogP contribution in [0.25, 0.3) is 6.08 Å². The summed E-state index contributed by atoms with van der Waals surface area (Å²) < 4.78 is 21.0. The number of nitrogens with one attached hydrogen (secondary N) is 1. The van der Waals surface area contributed by atoms with Gasteiger partial charge in [0.2, 0.25) is 5.76 Å². The van der Waals surface area contributed by atoms with E-state index in [1.165, 1.54) is 38.3 Å². The molecular weight excluding hydrogens is 412 g/mol. The van der Waals surface area contributed by atoms with E-state index >= 15 is 0 Å². The molecule has 156 valence electrons. The number of rotatable bonds is 6. The highest BCUT2D eigenvalue weighted by Gasteiger charge is 2.30. The minimum absolute atomic E-state index is 0.0484. The average molecular weight is 430 g/mol. The van der Waals surface area contributed by atoms with Crippen molar-refractivity contribution in [3.63, 3.8) is 0 Å². The van der Waals surface area contributed by atoms with Crippen molar-refractivity contribution >= 4 is 41.2 Å². The minimum Gasteiger partial charge on any atom is -0.493 e. The third-order valence-corrected chi connectivity index (χ3v) is 4.60. The summed E-state index contributed by atoms with van der Waals surface area (Å²) in [6, 6.07) is 8.02. The molecule has 1 aromatic heterocycles. The number of furan rings is 1. The van der Waals surface area contributed by atoms with E-state index in [1.807, 2.05) is 0 Å². The van der Waals surface area contributed by atoms with Crippen LogP contribution in [0.4, 0.5) is 0 Å². The van der Waals surface area contributed by atoms with Crippen molar-refractivity contribution in [1.82, 2.24) is 10.2 Å². The maximum Gasteiger partial charge on any atom is 0.373 e. The molecule has 0 atom stereocenters. The van der Waals surface area contributed by atoms with Crippen LogP contribution in [0.3, 0.4) is 0 Å². The summed E-state index contributed by atoms with van der Waals surface area (Å²) in [5.74, 6) is -0.352. The number of nitrogens with zero attached hydrogens (tertiary/aromatic N) is 1. The van der Waals surface area contributed by atoms with Gasteiger partial charge in [0.25, 0.3) is 11.8 Å². The molecule has 0 bridgehead atoms. The smallest absolute Gasteiger partial charge is 0.373 e. The van der Waals surface area contributed by atoms with Gasteiger partial charge in [-0.3, -0.25) is 19.8 Å². The highest BCUT2D eigenvalue weighted by Crippen LogP contribution is 2.30. The summed E-state index contributed by atoms with van der Waals surface area (Å²) in [5.41, 5.74) is 0.512. The molecule has 0 radical (unpaired) electrons. The van der Waals surface area contributed by atoms with Crippen molar-refractivity contribution in [3.8, 4) is 11.5 Å². The van der Waals surface area contributed by atoms with Crippen LogP contribution in [-0.2, 0) is 20.9 Å². The van der Waals surface area contributed by atoms with Gasteiger partial charge in [-0.2, -0.15) is 0 Å². The highest BCUT2D eigenvalue weighted by atomic mass is 32.1. The monoisotopic (exact) mass is 430 g/mol. The quantitative estimate of drug-likeness (QED) is 0.321. The predicted molar refractivity (Wildman–Crippen MR) is 109 cm³/mol. The number of likely N-dealkylation sites (N-methyl/N-ethyl adjacent to an activating group) is 1. The molecule has 2 aromatic rings. The normalized spacial score (nSPS) is 15.2. The van der Waals surface area contributed by atoms with Gasteiger partial charge in [0.05, 0.1) is 14.2 Å². The number of esters is 1. The van der Waals surface area contributed by atoms with Gasteiger partial charge in [0.15, 0.2) is 16.6 Å². The van der Waals surface area contributed by atoms with E-state index in [2.05, 4.69) is 10.1 Å². The van der Waals surface area contributed by atoms with Gasteiger partial charge in [-0.1, -0.05) is 6.07 Å². The summed E-state index contributed by atoms with van der Waals surface area (Å²) in [6.45, 7) is 0.0525. The number of amides is 2. The van der Waals surface area contributed by atoms with Gasteiger partial charge in [0.1, 0.15) is 17.9 Å². The van der Waals surface area contributed by atoms with Gasteiger partial charge in [-0.15, -0.1) is 0 Å². The zero-order chi connectivity index (χ0) is 21.8. The lowest BCUT2D eigenvalue weighted by molar-refractivity contribution is -0.128. The van der Waals surface area contributed by atoms with Crippen LogP contribution in [0.1, 0.15) is 21.9 Å². The largest absolute Gasteiger partial charge is 0.493 e. The lowest BCUT2D eigenvalue weighted by atomic mass is 10.1. The second-order valence-corrected chi connectivity index (χ2v) is 6.52. The Kier molecular flexibility index (Phi) is 6.17. The first kappa shape index (κ1) is 21.1. The van der Waals surface area contributed by atoms with Crippen LogP contribution in [-0.4, -0.2) is 49.1 Å². The van der Waals surface area contributed by atoms with Crippen LogP contribution in [0, 0.1) is 0 Å². The van der Waals surface area contributed by atoms with E-state index in [9.17, 15) is 14.4 Å². The first-order valence-corrected chi connectivity index (χ1v) is 9.07. The van der Waals surface area contributed by atoms with E-state index < -0.39 is 17.8 Å². The van der Waals surface area contributed by atoms with Crippen molar-refractivity contribution in [2.24, 2.45) is 0 Å². The summed E-state index contributed by atoms with van der Waals surface area (Å²) in [5, 5.41) is 2.50. The van der Waals surface area contributed by atoms with Crippen LogP contribution < -0.4 is 14.8 Å². The first-order chi connectivity index (χ1) is 14.3. The molecule has 30 heavy (non-hydrogen) atoms. The Labute approximate surface area is 177 Å². The zero-order valence-corrected chi connectivity index (χ0v) is 17.2. The molecule has 9 nitrogen and oxygen atoms in total. The maximum absolute atomic E-state index is 12.3. The van der Waals surface area contributed by atoms with Gasteiger partial charge in [-0.25, -0.2) is 4.79 Å². The number of hydrogen-bond acceptors (Lipinski definition) is 8. The summed E-state index contributed by atoms with van der Waals surface area (Å²) in [7, 11) is 4.21. The molecule has 2 heterocycles. The molecular formula is C20H18N2O7S. The Balaban J connectivity index is 1.77. The predicted octanol–water partition coefficient (Wildman–Crippen LogP) is 1.91. The fraction of sp³-hybridized carbons (Fsp3) is 0.200. The van der Waals surface area contributed by atoms with E-state index in [0.29, 0.717) is 22.8 Å². The summed E-state index contributed by atoms with van der Waals surface area (Å²) >= 11 is 4.92. The standard InChI is InChI=1S/C20H18N2O7S/c1-22-18(24)13(17(23)21-20(22)30)8-11-4-6-14(16(9-11)26-2)28-10-12-5-7-15(29-12)19(25)27-3/h4-9H,10H2,1-3H3,(H,21,23,30)/b13-8-. The number of thiocarbonyl (C=S) groups is 1. The third-order valence-electron chi connectivity index (χ3n) is 4.22. The SMILES string of the molecule is COC(=O)c1ccc(COc2ccc(/C=C3/C(=O)NC(=S)N(C)C3=O)cc2OC)o1. The second-order valence-electron chi connectivity index (χ2n) is 6.14. The van der Waals surface area contributed by atoms with E-state index in [0.717, 1.165) is 0 Å². The van der Waals surface area contributed by atoms with Crippen molar-refractivity contribution in [2.45, 2.75) is 6.61 Å². The van der Waals surface area contributed by atoms with E-state index in [4.69, 9.17) is 26.1 Å². The number of methoxy groups -OCH3 is 2. The lowest BCUT2D eigenvalue weighted by Crippen LogP contribution is -2.52. The average Bonchev–Trinajstić information content (AvgIpc) is 3.22. The Morgan fingerprint density at radius 2 is 1.97 bits per heavy atom. The molecule has 10 heteroatoms. The van der Waals surface area contributed by atoms with Crippen LogP contribution in [0.2, 0.25) is 0 Å². The number of hydrogen-bond donors (Lipinski definition) is 1. The lowest BCUT2D eigenvalue weighted by Gasteiger charge is -2.25. The molecule has 3 rings (SSSR count). The molecule has 1 saturated heterocycles. The molecule has 1 aromatic carbocycles. The Hall–Kier alpha value is -3.66. The Morgan fingerprint density at radius 3 is 2.67 bits per heavy atom. The van der Waals surface area contributed by atoms with Gasteiger partial charge in [0, 0.05) is 7.05 Å². The minimum atomic E-state index is -0.580. The molecule has 2 amide bonds.